The van der Waals surface area contributed by atoms with E-state index in [0.717, 1.165) is 24.3 Å². The third-order valence-corrected chi connectivity index (χ3v) is 2.36. The summed E-state index contributed by atoms with van der Waals surface area (Å²) < 4.78 is 5.55. The maximum atomic E-state index is 10.5. The Kier molecular flexibility index (Phi) is 5.86. The minimum absolute atomic E-state index is 0.156. The minimum atomic E-state index is -0.156. The molecule has 0 bridgehead atoms. The fourth-order valence-electron chi connectivity index (χ4n) is 1.40. The van der Waals surface area contributed by atoms with Gasteiger partial charge in [0, 0.05) is 0 Å². The van der Waals surface area contributed by atoms with Gasteiger partial charge < -0.3 is 4.74 Å². The topological polar surface area (TPSA) is 29.1 Å². The molecule has 0 saturated carbocycles. The van der Waals surface area contributed by atoms with Crippen molar-refractivity contribution in [2.75, 3.05) is 6.61 Å². The summed E-state index contributed by atoms with van der Waals surface area (Å²) in [6.07, 6.45) is 4.86. The van der Waals surface area contributed by atoms with Gasteiger partial charge in [-0.3, -0.25) is 0 Å². The van der Waals surface area contributed by atoms with Crippen LogP contribution in [0.15, 0.2) is 24.3 Å². The van der Waals surface area contributed by atoms with E-state index in [2.05, 4.69) is 6.92 Å². The van der Waals surface area contributed by atoms with Crippen molar-refractivity contribution in [3.05, 3.63) is 29.8 Å². The molecule has 0 atom stereocenters. The molecule has 2 nitrogen and oxygen atoms in total. The monoisotopic (exact) mass is 207 g/mol. The maximum Gasteiger partial charge on any atom is 0.119 e. The van der Waals surface area contributed by atoms with E-state index in [4.69, 9.17) is 4.74 Å². The first-order valence-electron chi connectivity index (χ1n) is 5.66. The zero-order valence-electron chi connectivity index (χ0n) is 9.37. The highest BCUT2D eigenvalue weighted by Gasteiger charge is 1.95. The van der Waals surface area contributed by atoms with Crippen molar-refractivity contribution in [3.63, 3.8) is 0 Å². The van der Waals surface area contributed by atoms with Crippen LogP contribution in [0, 0.1) is 0 Å². The van der Waals surface area contributed by atoms with Gasteiger partial charge in [0.25, 0.3) is 0 Å². The highest BCUT2D eigenvalue weighted by molar-refractivity contribution is 5.26. The summed E-state index contributed by atoms with van der Waals surface area (Å²) in [5.41, 5.74) is 0.813. The van der Waals surface area contributed by atoms with Gasteiger partial charge in [-0.2, -0.15) is 0 Å². The highest BCUT2D eigenvalue weighted by atomic mass is 16.5. The van der Waals surface area contributed by atoms with Crippen LogP contribution in [0.3, 0.4) is 0 Å². The van der Waals surface area contributed by atoms with Crippen LogP contribution in [0.2, 0.25) is 0 Å². The molecule has 15 heavy (non-hydrogen) atoms. The minimum Gasteiger partial charge on any atom is -0.494 e. The first kappa shape index (κ1) is 12.1. The van der Waals surface area contributed by atoms with Crippen molar-refractivity contribution in [2.24, 2.45) is 0 Å². The fraction of sp³-hybridized carbons (Fsp3) is 0.538. The molecule has 0 heterocycles. The predicted molar refractivity (Wildman–Crippen MR) is 60.5 cm³/mol. The van der Waals surface area contributed by atoms with E-state index in [-0.39, 0.29) is 6.61 Å². The molecule has 2 heteroatoms. The van der Waals surface area contributed by atoms with E-state index in [1.165, 1.54) is 19.3 Å². The molecule has 0 aliphatic carbocycles. The predicted octanol–water partition coefficient (Wildman–Crippen LogP) is 3.58. The third kappa shape index (κ3) is 4.84. The number of rotatable bonds is 7. The molecule has 1 aromatic carbocycles. The maximum absolute atomic E-state index is 10.5. The van der Waals surface area contributed by atoms with Crippen molar-refractivity contribution in [3.8, 4) is 5.75 Å². The van der Waals surface area contributed by atoms with Crippen LogP contribution >= 0.6 is 0 Å². The Bertz CT molecular complexity index is 254. The van der Waals surface area contributed by atoms with Crippen molar-refractivity contribution < 1.29 is 9.84 Å². The second-order valence-corrected chi connectivity index (χ2v) is 3.70. The van der Waals surface area contributed by atoms with Gasteiger partial charge in [0.15, 0.2) is 0 Å². The number of unbranched alkanes of at least 4 members (excludes halogenated alkanes) is 3. The van der Waals surface area contributed by atoms with Crippen molar-refractivity contribution in [1.82, 2.24) is 0 Å². The van der Waals surface area contributed by atoms with Crippen molar-refractivity contribution in [2.45, 2.75) is 39.2 Å². The molecule has 0 spiro atoms. The van der Waals surface area contributed by atoms with Crippen LogP contribution in [0.4, 0.5) is 0 Å². The summed E-state index contributed by atoms with van der Waals surface area (Å²) in [6.45, 7) is 2.82. The zero-order valence-corrected chi connectivity index (χ0v) is 9.37. The van der Waals surface area contributed by atoms with Crippen LogP contribution in [0.5, 0.6) is 5.75 Å². The number of hydrogen-bond acceptors (Lipinski definition) is 1. The average Bonchev–Trinajstić information content (AvgIpc) is 2.30. The summed E-state index contributed by atoms with van der Waals surface area (Å²) in [6, 6.07) is 7.39. The van der Waals surface area contributed by atoms with E-state index < -0.39 is 0 Å². The van der Waals surface area contributed by atoms with E-state index in [0.29, 0.717) is 0 Å². The quantitative estimate of drug-likeness (QED) is 0.628. The Morgan fingerprint density at radius 3 is 2.40 bits per heavy atom. The standard InChI is InChI=1S/C13H19O2/c1-2-3-4-5-10-15-13-8-6-12(11-14)7-9-13/h6-9H,2-5,10-11H2,1H3. The van der Waals surface area contributed by atoms with Crippen LogP contribution in [-0.2, 0) is 11.7 Å². The van der Waals surface area contributed by atoms with Gasteiger partial charge in [-0.25, -0.2) is 5.11 Å². The van der Waals surface area contributed by atoms with E-state index in [1.54, 1.807) is 0 Å². The van der Waals surface area contributed by atoms with Crippen molar-refractivity contribution in [1.29, 1.82) is 0 Å². The SMILES string of the molecule is CCCCCCOc1ccc(C[O])cc1. The summed E-state index contributed by atoms with van der Waals surface area (Å²) in [5.74, 6) is 0.865. The molecule has 1 rings (SSSR count). The largest absolute Gasteiger partial charge is 0.494 e. The molecule has 0 N–H and O–H groups in total. The second-order valence-electron chi connectivity index (χ2n) is 3.70. The zero-order chi connectivity index (χ0) is 10.9. The lowest BCUT2D eigenvalue weighted by molar-refractivity contribution is 0.177. The Morgan fingerprint density at radius 1 is 1.07 bits per heavy atom. The van der Waals surface area contributed by atoms with Gasteiger partial charge in [-0.1, -0.05) is 38.3 Å². The molecule has 83 valence electrons. The number of benzene rings is 1. The Balaban J connectivity index is 2.20. The van der Waals surface area contributed by atoms with E-state index in [9.17, 15) is 5.11 Å². The first-order chi connectivity index (χ1) is 7.36. The number of hydrogen-bond donors (Lipinski definition) is 0. The molecular formula is C13H19O2. The molecule has 0 amide bonds. The Morgan fingerprint density at radius 2 is 1.80 bits per heavy atom. The lowest BCUT2D eigenvalue weighted by Crippen LogP contribution is -1.97. The molecule has 0 aliphatic rings. The van der Waals surface area contributed by atoms with E-state index >= 15 is 0 Å². The lowest BCUT2D eigenvalue weighted by atomic mass is 10.2. The van der Waals surface area contributed by atoms with E-state index in [1.807, 2.05) is 24.3 Å². The first-order valence-corrected chi connectivity index (χ1v) is 5.66. The van der Waals surface area contributed by atoms with Crippen LogP contribution < -0.4 is 4.74 Å². The second kappa shape index (κ2) is 7.30. The molecule has 1 aromatic rings. The summed E-state index contributed by atoms with van der Waals surface area (Å²) in [4.78, 5) is 0. The van der Waals surface area contributed by atoms with Gasteiger partial charge in [0.2, 0.25) is 0 Å². The molecule has 0 fully saturated rings. The van der Waals surface area contributed by atoms with Gasteiger partial charge in [0.1, 0.15) is 12.4 Å². The Labute approximate surface area is 91.9 Å². The number of ether oxygens (including phenoxy) is 1. The van der Waals surface area contributed by atoms with Crippen LogP contribution in [0.1, 0.15) is 38.2 Å². The van der Waals surface area contributed by atoms with Gasteiger partial charge >= 0.3 is 0 Å². The third-order valence-electron chi connectivity index (χ3n) is 2.36. The molecule has 1 radical (unpaired) electrons. The Hall–Kier alpha value is -1.02. The van der Waals surface area contributed by atoms with Gasteiger partial charge in [0.05, 0.1) is 6.61 Å². The fourth-order valence-corrected chi connectivity index (χ4v) is 1.40. The lowest BCUT2D eigenvalue weighted by Gasteiger charge is -2.05. The summed E-state index contributed by atoms with van der Waals surface area (Å²) in [5, 5.41) is 10.5. The molecule has 0 aromatic heterocycles. The van der Waals surface area contributed by atoms with Crippen molar-refractivity contribution >= 4 is 0 Å². The normalized spacial score (nSPS) is 10.3. The van der Waals surface area contributed by atoms with Gasteiger partial charge in [-0.15, -0.1) is 0 Å². The molecule has 0 unspecified atom stereocenters. The average molecular weight is 207 g/mol. The van der Waals surface area contributed by atoms with Crippen LogP contribution in [-0.4, -0.2) is 6.61 Å². The molecule has 0 aliphatic heterocycles. The summed E-state index contributed by atoms with van der Waals surface area (Å²) in [7, 11) is 0. The summed E-state index contributed by atoms with van der Waals surface area (Å²) >= 11 is 0. The smallest absolute Gasteiger partial charge is 0.119 e. The highest BCUT2D eigenvalue weighted by Crippen LogP contribution is 2.12. The van der Waals surface area contributed by atoms with Gasteiger partial charge in [-0.05, 0) is 24.1 Å². The molecular weight excluding hydrogens is 188 g/mol. The van der Waals surface area contributed by atoms with Crippen LogP contribution in [0.25, 0.3) is 0 Å². The molecule has 0 saturated heterocycles.